The standard InChI is InChI=1S/C20H15F4N7O.C18H16FN7/c21-14-6-2-1-4-11(14)10-31-18-13(5-3-7-25-18)15(29-31)17-26-16(27-28-17)12-8-30(9-12)19(32)20(22,23)24;19-14-6-2-1-4-11(14)10-26-18-13(5-3-7-21-18)15(25-26)17-22-16(23-24-17)12-8-20-9-12/h1-7,12H,8-10H2,(H,26,27,28);1-7,12,20H,8-10H2,(H,22,23,24). The Morgan fingerprint density at radius 1 is 0.672 bits per heavy atom. The number of pyridine rings is 2. The molecule has 15 nitrogen and oxygen atoms in total. The smallest absolute Gasteiger partial charge is 0.333 e. The van der Waals surface area contributed by atoms with Gasteiger partial charge in [-0.3, -0.25) is 15.0 Å². The van der Waals surface area contributed by atoms with Crippen molar-refractivity contribution in [2.75, 3.05) is 26.2 Å². The Morgan fingerprint density at radius 3 is 1.60 bits per heavy atom. The number of fused-ring (bicyclic) bond motifs is 2. The van der Waals surface area contributed by atoms with E-state index in [9.17, 15) is 26.7 Å². The van der Waals surface area contributed by atoms with E-state index in [0.717, 1.165) is 29.2 Å². The molecule has 0 saturated carbocycles. The van der Waals surface area contributed by atoms with Gasteiger partial charge in [-0.2, -0.15) is 33.6 Å². The molecule has 2 aliphatic rings. The predicted molar refractivity (Wildman–Crippen MR) is 198 cm³/mol. The molecule has 6 aromatic heterocycles. The molecule has 8 heterocycles. The number of aromatic amines is 2. The van der Waals surface area contributed by atoms with Crippen LogP contribution in [-0.4, -0.2) is 103 Å². The highest BCUT2D eigenvalue weighted by molar-refractivity contribution is 5.90. The van der Waals surface area contributed by atoms with E-state index in [1.54, 1.807) is 64.2 Å². The third-order valence-corrected chi connectivity index (χ3v) is 9.97. The van der Waals surface area contributed by atoms with Gasteiger partial charge >= 0.3 is 12.1 Å². The number of hydrogen-bond donors (Lipinski definition) is 3. The minimum atomic E-state index is -4.89. The minimum absolute atomic E-state index is 0.100. The largest absolute Gasteiger partial charge is 0.471 e. The molecule has 2 aromatic carbocycles. The number of benzene rings is 2. The van der Waals surface area contributed by atoms with Gasteiger partial charge in [0.1, 0.15) is 34.7 Å². The zero-order chi connectivity index (χ0) is 40.0. The number of H-pyrrole nitrogens is 2. The molecule has 0 spiro atoms. The molecule has 2 saturated heterocycles. The van der Waals surface area contributed by atoms with Crippen LogP contribution in [0, 0.1) is 11.6 Å². The monoisotopic (exact) mass is 794 g/mol. The third kappa shape index (κ3) is 7.01. The zero-order valence-corrected chi connectivity index (χ0v) is 30.2. The van der Waals surface area contributed by atoms with Crippen LogP contribution >= 0.6 is 0 Å². The number of hydrogen-bond acceptors (Lipinski definition) is 10. The molecule has 0 radical (unpaired) electrons. The maximum absolute atomic E-state index is 14.1. The molecule has 0 atom stereocenters. The van der Waals surface area contributed by atoms with Gasteiger partial charge in [-0.05, 0) is 36.4 Å². The molecule has 58 heavy (non-hydrogen) atoms. The van der Waals surface area contributed by atoms with Gasteiger partial charge < -0.3 is 10.2 Å². The topological polar surface area (TPSA) is 177 Å². The van der Waals surface area contributed by atoms with Crippen LogP contribution in [0.3, 0.4) is 0 Å². The molecule has 2 aliphatic heterocycles. The van der Waals surface area contributed by atoms with Gasteiger partial charge in [-0.15, -0.1) is 0 Å². The normalized spacial score (nSPS) is 14.7. The van der Waals surface area contributed by atoms with Gasteiger partial charge in [0, 0.05) is 55.6 Å². The summed E-state index contributed by atoms with van der Waals surface area (Å²) in [6.07, 6.45) is -1.60. The average Bonchev–Trinajstić information content (AvgIpc) is 3.99. The number of likely N-dealkylation sites (tertiary alicyclic amines) is 1. The Hall–Kier alpha value is -6.96. The summed E-state index contributed by atoms with van der Waals surface area (Å²) in [6, 6.07) is 20.3. The molecular formula is C38H31F5N14O. The fourth-order valence-electron chi connectivity index (χ4n) is 6.75. The lowest BCUT2D eigenvalue weighted by atomic mass is 9.99. The van der Waals surface area contributed by atoms with Crippen molar-refractivity contribution >= 4 is 28.0 Å². The van der Waals surface area contributed by atoms with Gasteiger partial charge in [0.25, 0.3) is 0 Å². The quantitative estimate of drug-likeness (QED) is 0.178. The molecule has 0 aliphatic carbocycles. The molecule has 1 amide bonds. The molecule has 0 bridgehead atoms. The second-order valence-electron chi connectivity index (χ2n) is 13.8. The van der Waals surface area contributed by atoms with E-state index in [2.05, 4.69) is 55.8 Å². The van der Waals surface area contributed by atoms with E-state index in [4.69, 9.17) is 0 Å². The SMILES string of the molecule is Fc1ccccc1Cn1nc(-c2n[nH]c(C3CNC3)n2)c2cccnc21.O=C(N1CC(c2nc(-c3nn(Cc4ccccc4F)c4ncccc34)n[nH]2)C1)C(F)(F)F. The number of halogens is 5. The summed E-state index contributed by atoms with van der Waals surface area (Å²) in [6.45, 7) is 2.05. The molecule has 10 rings (SSSR count). The lowest BCUT2D eigenvalue weighted by Crippen LogP contribution is -2.53. The fraction of sp³-hybridized carbons (Fsp3) is 0.237. The number of carbonyl (C=O) groups is 1. The summed E-state index contributed by atoms with van der Waals surface area (Å²) in [5.41, 5.74) is 3.26. The van der Waals surface area contributed by atoms with Crippen molar-refractivity contribution in [2.24, 2.45) is 0 Å². The lowest BCUT2D eigenvalue weighted by Gasteiger charge is -2.38. The first-order chi connectivity index (χ1) is 28.1. The molecular weight excluding hydrogens is 764 g/mol. The van der Waals surface area contributed by atoms with Crippen molar-refractivity contribution in [1.29, 1.82) is 0 Å². The first-order valence-corrected chi connectivity index (χ1v) is 18.1. The van der Waals surface area contributed by atoms with Crippen molar-refractivity contribution in [2.45, 2.75) is 31.1 Å². The number of nitrogens with one attached hydrogen (secondary N) is 3. The summed E-state index contributed by atoms with van der Waals surface area (Å²) >= 11 is 0. The van der Waals surface area contributed by atoms with Crippen molar-refractivity contribution < 1.29 is 26.7 Å². The number of nitrogens with zero attached hydrogens (tertiary/aromatic N) is 11. The number of carbonyl (C=O) groups excluding carboxylic acids is 1. The maximum atomic E-state index is 14.1. The molecule has 0 unspecified atom stereocenters. The maximum Gasteiger partial charge on any atom is 0.471 e. The molecule has 8 aromatic rings. The zero-order valence-electron chi connectivity index (χ0n) is 30.2. The van der Waals surface area contributed by atoms with Crippen molar-refractivity contribution in [1.82, 2.24) is 70.1 Å². The van der Waals surface area contributed by atoms with Gasteiger partial charge in [0.05, 0.1) is 29.8 Å². The summed E-state index contributed by atoms with van der Waals surface area (Å²) < 4.78 is 69.0. The van der Waals surface area contributed by atoms with E-state index in [-0.39, 0.29) is 43.0 Å². The van der Waals surface area contributed by atoms with Crippen LogP contribution in [0.2, 0.25) is 0 Å². The van der Waals surface area contributed by atoms with E-state index in [1.165, 1.54) is 12.1 Å². The number of alkyl halides is 3. The Labute approximate surface area is 324 Å². The van der Waals surface area contributed by atoms with Gasteiger partial charge in [0.2, 0.25) is 11.6 Å². The number of rotatable bonds is 8. The first-order valence-electron chi connectivity index (χ1n) is 18.1. The van der Waals surface area contributed by atoms with Crippen LogP contribution in [0.25, 0.3) is 45.1 Å². The highest BCUT2D eigenvalue weighted by Gasteiger charge is 2.47. The lowest BCUT2D eigenvalue weighted by molar-refractivity contribution is -0.190. The van der Waals surface area contributed by atoms with E-state index in [0.29, 0.717) is 63.3 Å². The van der Waals surface area contributed by atoms with Crippen LogP contribution in [0.5, 0.6) is 0 Å². The highest BCUT2D eigenvalue weighted by atomic mass is 19.4. The number of aromatic nitrogens is 12. The van der Waals surface area contributed by atoms with Crippen LogP contribution in [-0.2, 0) is 17.9 Å². The Balaban J connectivity index is 0.000000153. The van der Waals surface area contributed by atoms with Crippen molar-refractivity contribution in [3.63, 3.8) is 0 Å². The van der Waals surface area contributed by atoms with Crippen molar-refractivity contribution in [3.05, 3.63) is 120 Å². The molecule has 3 N–H and O–H groups in total. The molecule has 294 valence electrons. The van der Waals surface area contributed by atoms with E-state index >= 15 is 0 Å². The predicted octanol–water partition coefficient (Wildman–Crippen LogP) is 4.98. The van der Waals surface area contributed by atoms with Gasteiger partial charge in [0.15, 0.2) is 11.3 Å². The van der Waals surface area contributed by atoms with Gasteiger partial charge in [-0.25, -0.2) is 38.1 Å². The second kappa shape index (κ2) is 14.8. The highest BCUT2D eigenvalue weighted by Crippen LogP contribution is 2.32. The third-order valence-electron chi connectivity index (χ3n) is 9.97. The van der Waals surface area contributed by atoms with Crippen LogP contribution < -0.4 is 5.32 Å². The Kier molecular flexibility index (Phi) is 9.38. The van der Waals surface area contributed by atoms with E-state index in [1.807, 2.05) is 18.2 Å². The summed E-state index contributed by atoms with van der Waals surface area (Å²) in [4.78, 5) is 29.7. The minimum Gasteiger partial charge on any atom is -0.333 e. The van der Waals surface area contributed by atoms with E-state index < -0.39 is 12.1 Å². The molecule has 2 fully saturated rings. The van der Waals surface area contributed by atoms with Crippen LogP contribution in [0.15, 0.2) is 85.2 Å². The summed E-state index contributed by atoms with van der Waals surface area (Å²) in [7, 11) is 0. The average molecular weight is 795 g/mol. The first kappa shape index (κ1) is 36.7. The Morgan fingerprint density at radius 2 is 1.16 bits per heavy atom. The number of amides is 1. The second-order valence-corrected chi connectivity index (χ2v) is 13.8. The Bertz CT molecular complexity index is 2760. The van der Waals surface area contributed by atoms with Crippen LogP contribution in [0.4, 0.5) is 22.0 Å². The van der Waals surface area contributed by atoms with Crippen LogP contribution in [0.1, 0.15) is 34.6 Å². The fourth-order valence-corrected chi connectivity index (χ4v) is 6.75. The van der Waals surface area contributed by atoms with Crippen molar-refractivity contribution in [3.8, 4) is 23.0 Å². The summed E-state index contributed by atoms with van der Waals surface area (Å²) in [5, 5.41) is 28.1. The summed E-state index contributed by atoms with van der Waals surface area (Å²) in [5.74, 6) is -0.497. The molecule has 20 heteroatoms. The van der Waals surface area contributed by atoms with Gasteiger partial charge in [-0.1, -0.05) is 36.4 Å².